The number of sulfonamides is 1. The molecule has 1 aromatic carbocycles. The zero-order chi connectivity index (χ0) is 20.7. The molecule has 0 saturated carbocycles. The summed E-state index contributed by atoms with van der Waals surface area (Å²) < 4.78 is 36.9. The molecule has 1 atom stereocenters. The predicted molar refractivity (Wildman–Crippen MR) is 103 cm³/mol. The number of methoxy groups -OCH3 is 1. The molecule has 1 N–H and O–H groups in total. The normalized spacial score (nSPS) is 16.5. The van der Waals surface area contributed by atoms with E-state index in [1.807, 2.05) is 0 Å². The van der Waals surface area contributed by atoms with Crippen LogP contribution in [0.25, 0.3) is 0 Å². The summed E-state index contributed by atoms with van der Waals surface area (Å²) in [5.41, 5.74) is 0. The largest absolute Gasteiger partial charge is 0.497 e. The lowest BCUT2D eigenvalue weighted by molar-refractivity contribution is -0.159. The molecule has 1 fully saturated rings. The summed E-state index contributed by atoms with van der Waals surface area (Å²) in [4.78, 5) is 26.1. The lowest BCUT2D eigenvalue weighted by atomic mass is 9.99. The molecule has 8 nitrogen and oxygen atoms in total. The van der Waals surface area contributed by atoms with Crippen molar-refractivity contribution in [2.24, 2.45) is 5.92 Å². The molecular formula is C19H28N2O6S. The molecule has 9 heteroatoms. The van der Waals surface area contributed by atoms with E-state index in [9.17, 15) is 18.0 Å². The third-order valence-electron chi connectivity index (χ3n) is 4.74. The molecule has 2 rings (SSSR count). The van der Waals surface area contributed by atoms with Gasteiger partial charge in [0.1, 0.15) is 5.75 Å². The minimum Gasteiger partial charge on any atom is -0.497 e. The van der Waals surface area contributed by atoms with Gasteiger partial charge in [0.15, 0.2) is 6.10 Å². The van der Waals surface area contributed by atoms with Crippen LogP contribution < -0.4 is 9.46 Å². The van der Waals surface area contributed by atoms with Crippen LogP contribution in [0.2, 0.25) is 0 Å². The summed E-state index contributed by atoms with van der Waals surface area (Å²) in [6.07, 6.45) is 0.849. The predicted octanol–water partition coefficient (Wildman–Crippen LogP) is 1.55. The number of rotatable bonds is 8. The number of carbonyl (C=O) groups excluding carboxylic acids is 2. The highest BCUT2D eigenvalue weighted by molar-refractivity contribution is 7.89. The number of nitrogens with zero attached hydrogens (tertiary/aromatic N) is 1. The van der Waals surface area contributed by atoms with Crippen LogP contribution in [0, 0.1) is 5.92 Å². The number of carbonyl (C=O) groups is 2. The second kappa shape index (κ2) is 9.88. The van der Waals surface area contributed by atoms with Crippen LogP contribution in [0.1, 0.15) is 33.1 Å². The molecule has 156 valence electrons. The Balaban J connectivity index is 1.77. The van der Waals surface area contributed by atoms with Crippen molar-refractivity contribution in [3.63, 3.8) is 0 Å². The first kappa shape index (κ1) is 22.2. The zero-order valence-electron chi connectivity index (χ0n) is 16.5. The van der Waals surface area contributed by atoms with Gasteiger partial charge in [0.2, 0.25) is 10.0 Å². The maximum absolute atomic E-state index is 12.3. The molecule has 1 unspecified atom stereocenters. The van der Waals surface area contributed by atoms with Gasteiger partial charge in [-0.2, -0.15) is 0 Å². The average molecular weight is 413 g/mol. The second-order valence-electron chi connectivity index (χ2n) is 6.96. The van der Waals surface area contributed by atoms with Crippen LogP contribution in [-0.2, 0) is 24.3 Å². The number of hydrogen-bond acceptors (Lipinski definition) is 6. The van der Waals surface area contributed by atoms with Gasteiger partial charge >= 0.3 is 5.97 Å². The first-order valence-corrected chi connectivity index (χ1v) is 10.8. The van der Waals surface area contributed by atoms with Crippen LogP contribution in [0.15, 0.2) is 29.2 Å². The highest BCUT2D eigenvalue weighted by Gasteiger charge is 2.26. The Morgan fingerprint density at radius 2 is 1.82 bits per heavy atom. The van der Waals surface area contributed by atoms with Crippen molar-refractivity contribution in [1.29, 1.82) is 0 Å². The van der Waals surface area contributed by atoms with Crippen LogP contribution in [0.4, 0.5) is 0 Å². The molecule has 0 spiro atoms. The van der Waals surface area contributed by atoms with E-state index in [0.29, 0.717) is 24.8 Å². The van der Waals surface area contributed by atoms with Gasteiger partial charge in [0.25, 0.3) is 5.91 Å². The van der Waals surface area contributed by atoms with Gasteiger partial charge in [0, 0.05) is 19.6 Å². The molecule has 1 aliphatic rings. The second-order valence-corrected chi connectivity index (χ2v) is 8.73. The van der Waals surface area contributed by atoms with Crippen molar-refractivity contribution in [3.8, 4) is 5.75 Å². The first-order chi connectivity index (χ1) is 13.2. The molecule has 0 bridgehead atoms. The zero-order valence-corrected chi connectivity index (χ0v) is 17.3. The third kappa shape index (κ3) is 6.20. The fourth-order valence-electron chi connectivity index (χ4n) is 2.92. The highest BCUT2D eigenvalue weighted by atomic mass is 32.2. The summed E-state index contributed by atoms with van der Waals surface area (Å²) in [5.74, 6) is 0.313. The first-order valence-electron chi connectivity index (χ1n) is 9.35. The molecule has 1 aliphatic heterocycles. The lowest BCUT2D eigenvalue weighted by Crippen LogP contribution is -2.44. The number of ether oxygens (including phenoxy) is 2. The van der Waals surface area contributed by atoms with Gasteiger partial charge in [-0.3, -0.25) is 9.59 Å². The molecule has 1 amide bonds. The number of nitrogens with one attached hydrogen (secondary N) is 1. The van der Waals surface area contributed by atoms with Crippen molar-refractivity contribution in [3.05, 3.63) is 24.3 Å². The average Bonchev–Trinajstić information content (AvgIpc) is 2.67. The van der Waals surface area contributed by atoms with Crippen LogP contribution in [-0.4, -0.2) is 58.0 Å². The van der Waals surface area contributed by atoms with E-state index in [-0.39, 0.29) is 23.8 Å². The van der Waals surface area contributed by atoms with Gasteiger partial charge in [-0.25, -0.2) is 13.1 Å². The van der Waals surface area contributed by atoms with E-state index >= 15 is 0 Å². The summed E-state index contributed by atoms with van der Waals surface area (Å²) >= 11 is 0. The van der Waals surface area contributed by atoms with E-state index in [1.165, 1.54) is 31.4 Å². The Bertz CT molecular complexity index is 770. The van der Waals surface area contributed by atoms with Gasteiger partial charge in [-0.05, 0) is 49.9 Å². The number of hydrogen-bond donors (Lipinski definition) is 1. The Hall–Kier alpha value is -2.13. The van der Waals surface area contributed by atoms with Crippen molar-refractivity contribution in [2.45, 2.75) is 44.1 Å². The molecule has 1 saturated heterocycles. The maximum atomic E-state index is 12.3. The Morgan fingerprint density at radius 1 is 1.21 bits per heavy atom. The van der Waals surface area contributed by atoms with E-state index in [4.69, 9.17) is 9.47 Å². The lowest BCUT2D eigenvalue weighted by Gasteiger charge is -2.31. The topological polar surface area (TPSA) is 102 Å². The van der Waals surface area contributed by atoms with E-state index in [0.717, 1.165) is 12.8 Å². The molecule has 1 heterocycles. The van der Waals surface area contributed by atoms with E-state index < -0.39 is 22.1 Å². The standard InChI is InChI=1S/C19H28N2O6S/c1-14-9-12-21(13-10-14)19(23)15(2)27-18(22)8-11-20-28(24,25)17-6-4-16(26-3)5-7-17/h4-7,14-15,20H,8-13H2,1-3H3. The van der Waals surface area contributed by atoms with Crippen LogP contribution >= 0.6 is 0 Å². The Morgan fingerprint density at radius 3 is 2.39 bits per heavy atom. The number of benzene rings is 1. The monoisotopic (exact) mass is 412 g/mol. The smallest absolute Gasteiger partial charge is 0.307 e. The minimum absolute atomic E-state index is 0.0736. The number of piperidine rings is 1. The van der Waals surface area contributed by atoms with Crippen molar-refractivity contribution < 1.29 is 27.5 Å². The fourth-order valence-corrected chi connectivity index (χ4v) is 3.95. The molecule has 0 radical (unpaired) electrons. The Kier molecular flexibility index (Phi) is 7.82. The molecule has 28 heavy (non-hydrogen) atoms. The fraction of sp³-hybridized carbons (Fsp3) is 0.579. The molecule has 0 aliphatic carbocycles. The third-order valence-corrected chi connectivity index (χ3v) is 6.22. The quantitative estimate of drug-likeness (QED) is 0.650. The van der Waals surface area contributed by atoms with Crippen molar-refractivity contribution in [2.75, 3.05) is 26.7 Å². The van der Waals surface area contributed by atoms with Gasteiger partial charge in [-0.1, -0.05) is 6.92 Å². The van der Waals surface area contributed by atoms with Gasteiger partial charge < -0.3 is 14.4 Å². The number of amides is 1. The molecule has 0 aromatic heterocycles. The van der Waals surface area contributed by atoms with Crippen molar-refractivity contribution >= 4 is 21.9 Å². The summed E-state index contributed by atoms with van der Waals surface area (Å²) in [5, 5.41) is 0. The summed E-state index contributed by atoms with van der Waals surface area (Å²) in [6.45, 7) is 4.92. The number of esters is 1. The van der Waals surface area contributed by atoms with E-state index in [1.54, 1.807) is 11.8 Å². The minimum atomic E-state index is -3.74. The maximum Gasteiger partial charge on any atom is 0.307 e. The highest BCUT2D eigenvalue weighted by Crippen LogP contribution is 2.17. The van der Waals surface area contributed by atoms with Gasteiger partial charge in [0.05, 0.1) is 18.4 Å². The van der Waals surface area contributed by atoms with Crippen molar-refractivity contribution in [1.82, 2.24) is 9.62 Å². The van der Waals surface area contributed by atoms with Crippen LogP contribution in [0.5, 0.6) is 5.75 Å². The number of likely N-dealkylation sites (tertiary alicyclic amines) is 1. The molecule has 1 aromatic rings. The summed E-state index contributed by atoms with van der Waals surface area (Å²) in [7, 11) is -2.25. The SMILES string of the molecule is COc1ccc(S(=O)(=O)NCCC(=O)OC(C)C(=O)N2CCC(C)CC2)cc1. The summed E-state index contributed by atoms with van der Waals surface area (Å²) in [6, 6.07) is 5.91. The van der Waals surface area contributed by atoms with Gasteiger partial charge in [-0.15, -0.1) is 0 Å². The molecular weight excluding hydrogens is 384 g/mol. The van der Waals surface area contributed by atoms with Crippen LogP contribution in [0.3, 0.4) is 0 Å². The van der Waals surface area contributed by atoms with E-state index in [2.05, 4.69) is 11.6 Å². The Labute approximate surface area is 166 Å².